The van der Waals surface area contributed by atoms with Gasteiger partial charge in [-0.05, 0) is 48.4 Å². The maximum Gasteiger partial charge on any atom is 0.251 e. The van der Waals surface area contributed by atoms with Gasteiger partial charge < -0.3 is 5.32 Å². The van der Waals surface area contributed by atoms with Crippen LogP contribution in [0.25, 0.3) is 5.69 Å². The van der Waals surface area contributed by atoms with Crippen molar-refractivity contribution >= 4 is 29.1 Å². The largest absolute Gasteiger partial charge is 0.352 e. The molecule has 0 bridgehead atoms. The number of halogens is 2. The van der Waals surface area contributed by atoms with Gasteiger partial charge in [-0.1, -0.05) is 35.3 Å². The first-order valence-electron chi connectivity index (χ1n) is 7.45. The van der Waals surface area contributed by atoms with Crippen molar-refractivity contribution in [1.82, 2.24) is 15.1 Å². The Morgan fingerprint density at radius 1 is 1.08 bits per heavy atom. The van der Waals surface area contributed by atoms with Gasteiger partial charge in [0.15, 0.2) is 0 Å². The average molecular weight is 360 g/mol. The molecule has 0 saturated heterocycles. The van der Waals surface area contributed by atoms with Gasteiger partial charge in [0.25, 0.3) is 5.91 Å². The minimum absolute atomic E-state index is 0.187. The molecule has 24 heavy (non-hydrogen) atoms. The molecule has 3 aromatic rings. The summed E-state index contributed by atoms with van der Waals surface area (Å²) in [5, 5.41) is 7.95. The first kappa shape index (κ1) is 16.6. The highest BCUT2D eigenvalue weighted by Crippen LogP contribution is 2.19. The molecule has 0 unspecified atom stereocenters. The summed E-state index contributed by atoms with van der Waals surface area (Å²) in [7, 11) is 0. The fourth-order valence-electron chi connectivity index (χ4n) is 2.34. The first-order chi connectivity index (χ1) is 11.6. The van der Waals surface area contributed by atoms with Crippen molar-refractivity contribution in [3.63, 3.8) is 0 Å². The fraction of sp³-hybridized carbons (Fsp3) is 0.111. The second kappa shape index (κ2) is 7.51. The SMILES string of the molecule is O=C(NCCc1ccc(-n2cccn2)cc1)c1cc(Cl)cc(Cl)c1. The van der Waals surface area contributed by atoms with E-state index in [9.17, 15) is 4.79 Å². The van der Waals surface area contributed by atoms with Gasteiger partial charge in [0, 0.05) is 34.5 Å². The summed E-state index contributed by atoms with van der Waals surface area (Å²) in [4.78, 5) is 12.1. The van der Waals surface area contributed by atoms with E-state index in [4.69, 9.17) is 23.2 Å². The third kappa shape index (κ3) is 4.16. The zero-order chi connectivity index (χ0) is 16.9. The Labute approximate surface area is 150 Å². The van der Waals surface area contributed by atoms with Crippen molar-refractivity contribution in [3.8, 4) is 5.69 Å². The summed E-state index contributed by atoms with van der Waals surface area (Å²) in [6, 6.07) is 14.7. The minimum Gasteiger partial charge on any atom is -0.352 e. The number of carbonyl (C=O) groups is 1. The van der Waals surface area contributed by atoms with Crippen molar-refractivity contribution in [3.05, 3.63) is 82.1 Å². The van der Waals surface area contributed by atoms with Crippen LogP contribution in [0, 0.1) is 0 Å². The number of aromatic nitrogens is 2. The standard InChI is InChI=1S/C18H15Cl2N3O/c19-15-10-14(11-16(20)12-15)18(24)21-8-6-13-2-4-17(5-3-13)23-9-1-7-22-23/h1-5,7,9-12H,6,8H2,(H,21,24). The van der Waals surface area contributed by atoms with Crippen LogP contribution in [0.2, 0.25) is 10.0 Å². The molecule has 0 atom stereocenters. The molecular weight excluding hydrogens is 345 g/mol. The van der Waals surface area contributed by atoms with Crippen LogP contribution in [0.3, 0.4) is 0 Å². The van der Waals surface area contributed by atoms with Crippen LogP contribution in [-0.2, 0) is 6.42 Å². The second-order valence-electron chi connectivity index (χ2n) is 5.28. The molecule has 0 saturated carbocycles. The van der Waals surface area contributed by atoms with Crippen LogP contribution in [0.5, 0.6) is 0 Å². The molecule has 1 heterocycles. The number of carbonyl (C=O) groups excluding carboxylic acids is 1. The topological polar surface area (TPSA) is 46.9 Å². The Morgan fingerprint density at radius 3 is 2.42 bits per heavy atom. The number of rotatable bonds is 5. The fourth-order valence-corrected chi connectivity index (χ4v) is 2.87. The minimum atomic E-state index is -0.187. The molecule has 3 rings (SSSR count). The van der Waals surface area contributed by atoms with E-state index in [1.54, 1.807) is 29.1 Å². The third-order valence-electron chi connectivity index (χ3n) is 3.53. The smallest absolute Gasteiger partial charge is 0.251 e. The number of amides is 1. The molecule has 0 radical (unpaired) electrons. The Morgan fingerprint density at radius 2 is 1.79 bits per heavy atom. The summed E-state index contributed by atoms with van der Waals surface area (Å²) >= 11 is 11.8. The summed E-state index contributed by atoms with van der Waals surface area (Å²) in [5.74, 6) is -0.187. The molecule has 1 aromatic heterocycles. The van der Waals surface area contributed by atoms with Crippen molar-refractivity contribution < 1.29 is 4.79 Å². The molecule has 0 aliphatic carbocycles. The van der Waals surface area contributed by atoms with E-state index in [1.165, 1.54) is 0 Å². The van der Waals surface area contributed by atoms with Crippen molar-refractivity contribution in [2.75, 3.05) is 6.54 Å². The van der Waals surface area contributed by atoms with Gasteiger partial charge in [-0.2, -0.15) is 5.10 Å². The number of nitrogens with one attached hydrogen (secondary N) is 1. The van der Waals surface area contributed by atoms with Gasteiger partial charge >= 0.3 is 0 Å². The summed E-state index contributed by atoms with van der Waals surface area (Å²) in [6.45, 7) is 0.532. The van der Waals surface area contributed by atoms with Crippen LogP contribution in [0.4, 0.5) is 0 Å². The van der Waals surface area contributed by atoms with Gasteiger partial charge in [0.2, 0.25) is 0 Å². The van der Waals surface area contributed by atoms with Gasteiger partial charge in [-0.15, -0.1) is 0 Å². The van der Waals surface area contributed by atoms with E-state index in [0.717, 1.165) is 17.7 Å². The molecule has 6 heteroatoms. The zero-order valence-corrected chi connectivity index (χ0v) is 14.3. The second-order valence-corrected chi connectivity index (χ2v) is 6.15. The Kier molecular flexibility index (Phi) is 5.18. The highest BCUT2D eigenvalue weighted by Gasteiger charge is 2.07. The van der Waals surface area contributed by atoms with Gasteiger partial charge in [-0.25, -0.2) is 4.68 Å². The molecule has 0 aliphatic heterocycles. The maximum atomic E-state index is 12.1. The van der Waals surface area contributed by atoms with Crippen LogP contribution in [0.15, 0.2) is 60.9 Å². The van der Waals surface area contributed by atoms with E-state index < -0.39 is 0 Å². The third-order valence-corrected chi connectivity index (χ3v) is 3.97. The molecule has 0 fully saturated rings. The molecule has 122 valence electrons. The number of nitrogens with zero attached hydrogens (tertiary/aromatic N) is 2. The summed E-state index contributed by atoms with van der Waals surface area (Å²) < 4.78 is 1.80. The van der Waals surface area contributed by atoms with E-state index in [2.05, 4.69) is 10.4 Å². The molecule has 1 N–H and O–H groups in total. The predicted molar refractivity (Wildman–Crippen MR) is 96.1 cm³/mol. The number of benzene rings is 2. The first-order valence-corrected chi connectivity index (χ1v) is 8.21. The van der Waals surface area contributed by atoms with Crippen LogP contribution in [0.1, 0.15) is 15.9 Å². The zero-order valence-electron chi connectivity index (χ0n) is 12.7. The van der Waals surface area contributed by atoms with Crippen molar-refractivity contribution in [2.45, 2.75) is 6.42 Å². The Hall–Kier alpha value is -2.30. The van der Waals surface area contributed by atoms with Crippen molar-refractivity contribution in [1.29, 1.82) is 0 Å². The van der Waals surface area contributed by atoms with E-state index in [-0.39, 0.29) is 5.91 Å². The van der Waals surface area contributed by atoms with Crippen LogP contribution < -0.4 is 5.32 Å². The highest BCUT2D eigenvalue weighted by atomic mass is 35.5. The van der Waals surface area contributed by atoms with Gasteiger partial charge in [0.05, 0.1) is 5.69 Å². The quantitative estimate of drug-likeness (QED) is 0.743. The van der Waals surface area contributed by atoms with Crippen LogP contribution >= 0.6 is 23.2 Å². The lowest BCUT2D eigenvalue weighted by molar-refractivity contribution is 0.0954. The summed E-state index contributed by atoms with van der Waals surface area (Å²) in [6.07, 6.45) is 4.37. The van der Waals surface area contributed by atoms with E-state index in [0.29, 0.717) is 22.2 Å². The molecular formula is C18H15Cl2N3O. The molecule has 0 spiro atoms. The van der Waals surface area contributed by atoms with Crippen LogP contribution in [-0.4, -0.2) is 22.2 Å². The van der Waals surface area contributed by atoms with E-state index in [1.807, 2.05) is 36.5 Å². The lowest BCUT2D eigenvalue weighted by Crippen LogP contribution is -2.25. The number of hydrogen-bond donors (Lipinski definition) is 1. The summed E-state index contributed by atoms with van der Waals surface area (Å²) in [5.41, 5.74) is 2.60. The molecule has 0 aliphatic rings. The number of hydrogen-bond acceptors (Lipinski definition) is 2. The monoisotopic (exact) mass is 359 g/mol. The molecule has 4 nitrogen and oxygen atoms in total. The normalized spacial score (nSPS) is 10.6. The lowest BCUT2D eigenvalue weighted by atomic mass is 10.1. The molecule has 2 aromatic carbocycles. The van der Waals surface area contributed by atoms with Gasteiger partial charge in [-0.3, -0.25) is 4.79 Å². The van der Waals surface area contributed by atoms with E-state index >= 15 is 0 Å². The Bertz CT molecular complexity index is 810. The highest BCUT2D eigenvalue weighted by molar-refractivity contribution is 6.35. The van der Waals surface area contributed by atoms with Gasteiger partial charge in [0.1, 0.15) is 0 Å². The van der Waals surface area contributed by atoms with Crippen molar-refractivity contribution in [2.24, 2.45) is 0 Å². The average Bonchev–Trinajstić information content (AvgIpc) is 3.09. The maximum absolute atomic E-state index is 12.1. The predicted octanol–water partition coefficient (Wildman–Crippen LogP) is 4.15. The molecule has 1 amide bonds. The Balaban J connectivity index is 1.55. The lowest BCUT2D eigenvalue weighted by Gasteiger charge is -2.07.